The molecule has 0 unspecified atom stereocenters. The van der Waals surface area contributed by atoms with Crippen LogP contribution in [0.15, 0.2) is 59.0 Å². The zero-order chi connectivity index (χ0) is 16.4. The van der Waals surface area contributed by atoms with Crippen LogP contribution in [-0.2, 0) is 11.2 Å². The molecule has 23 heavy (non-hydrogen) atoms. The van der Waals surface area contributed by atoms with Crippen molar-refractivity contribution in [2.45, 2.75) is 20.3 Å². The number of para-hydroxylation sites is 2. The van der Waals surface area contributed by atoms with Gasteiger partial charge in [0.05, 0.1) is 0 Å². The summed E-state index contributed by atoms with van der Waals surface area (Å²) in [4.78, 5) is 16.3. The first-order chi connectivity index (χ1) is 11.1. The maximum atomic E-state index is 11.8. The van der Waals surface area contributed by atoms with Crippen molar-refractivity contribution >= 4 is 17.1 Å². The molecular weight excluding hydrogens is 290 g/mol. The molecule has 0 aliphatic heterocycles. The fourth-order valence-electron chi connectivity index (χ4n) is 2.40. The number of carbonyl (C=O) groups is 1. The van der Waals surface area contributed by atoms with Gasteiger partial charge in [-0.25, -0.2) is 9.78 Å². The lowest BCUT2D eigenvalue weighted by Crippen LogP contribution is -2.10. The number of carbonyl (C=O) groups excluding carboxylic acids is 1. The summed E-state index contributed by atoms with van der Waals surface area (Å²) >= 11 is 0. The van der Waals surface area contributed by atoms with Gasteiger partial charge in [0, 0.05) is 16.7 Å². The molecule has 4 nitrogen and oxygen atoms in total. The van der Waals surface area contributed by atoms with E-state index in [1.807, 2.05) is 43.3 Å². The molecule has 3 rings (SSSR count). The second-order valence-corrected chi connectivity index (χ2v) is 5.29. The quantitative estimate of drug-likeness (QED) is 0.403. The van der Waals surface area contributed by atoms with Gasteiger partial charge in [0.2, 0.25) is 5.89 Å². The van der Waals surface area contributed by atoms with Gasteiger partial charge in [-0.1, -0.05) is 31.7 Å². The minimum Gasteiger partial charge on any atom is -0.436 e. The highest BCUT2D eigenvalue weighted by Crippen LogP contribution is 2.32. The molecule has 2 aromatic carbocycles. The predicted molar refractivity (Wildman–Crippen MR) is 89.3 cm³/mol. The molecule has 0 radical (unpaired) electrons. The first kappa shape index (κ1) is 15.0. The predicted octanol–water partition coefficient (Wildman–Crippen LogP) is 4.54. The summed E-state index contributed by atoms with van der Waals surface area (Å²) in [6.07, 6.45) is 0.688. The highest BCUT2D eigenvalue weighted by atomic mass is 16.5. The number of ether oxygens (including phenoxy) is 1. The van der Waals surface area contributed by atoms with E-state index in [1.54, 1.807) is 13.0 Å². The van der Waals surface area contributed by atoms with Gasteiger partial charge < -0.3 is 9.15 Å². The zero-order valence-electron chi connectivity index (χ0n) is 13.1. The summed E-state index contributed by atoms with van der Waals surface area (Å²) in [5.41, 5.74) is 3.60. The van der Waals surface area contributed by atoms with Crippen LogP contribution in [0.3, 0.4) is 0 Å². The molecule has 1 aromatic heterocycles. The number of hydrogen-bond donors (Lipinski definition) is 0. The van der Waals surface area contributed by atoms with Gasteiger partial charge >= 0.3 is 5.97 Å². The summed E-state index contributed by atoms with van der Waals surface area (Å²) in [5, 5.41) is 0. The number of rotatable bonds is 4. The Hall–Kier alpha value is -2.88. The van der Waals surface area contributed by atoms with Gasteiger partial charge in [-0.3, -0.25) is 0 Å². The van der Waals surface area contributed by atoms with E-state index in [-0.39, 0.29) is 0 Å². The molecule has 0 spiro atoms. The van der Waals surface area contributed by atoms with Crippen molar-refractivity contribution in [3.63, 3.8) is 0 Å². The highest BCUT2D eigenvalue weighted by Gasteiger charge is 2.17. The summed E-state index contributed by atoms with van der Waals surface area (Å²) < 4.78 is 11.3. The molecule has 3 aromatic rings. The number of hydrogen-bond acceptors (Lipinski definition) is 4. The van der Waals surface area contributed by atoms with E-state index in [9.17, 15) is 4.79 Å². The first-order valence-corrected chi connectivity index (χ1v) is 7.45. The molecule has 116 valence electrons. The fourth-order valence-corrected chi connectivity index (χ4v) is 2.40. The number of benzene rings is 2. The lowest BCUT2D eigenvalue weighted by molar-refractivity contribution is -0.130. The molecule has 0 amide bonds. The van der Waals surface area contributed by atoms with Gasteiger partial charge in [0.25, 0.3) is 0 Å². The van der Waals surface area contributed by atoms with Crippen molar-refractivity contribution in [2.24, 2.45) is 0 Å². The van der Waals surface area contributed by atoms with Crippen LogP contribution in [0.4, 0.5) is 0 Å². The van der Waals surface area contributed by atoms with E-state index in [2.05, 4.69) is 11.6 Å². The molecule has 0 atom stereocenters. The third kappa shape index (κ3) is 2.88. The van der Waals surface area contributed by atoms with E-state index in [0.717, 1.165) is 22.2 Å². The van der Waals surface area contributed by atoms with Gasteiger partial charge in [0.15, 0.2) is 5.58 Å². The first-order valence-electron chi connectivity index (χ1n) is 7.45. The Morgan fingerprint density at radius 2 is 2.00 bits per heavy atom. The Balaban J connectivity index is 2.08. The number of fused-ring (bicyclic) bond motifs is 1. The van der Waals surface area contributed by atoms with E-state index in [1.165, 1.54) is 0 Å². The SMILES string of the molecule is C=C(C)C(=O)Oc1cccc(-c2nc3ccccc3o2)c1CC. The molecular formula is C19H17NO3. The topological polar surface area (TPSA) is 52.3 Å². The lowest BCUT2D eigenvalue weighted by Gasteiger charge is -2.11. The van der Waals surface area contributed by atoms with Crippen LogP contribution >= 0.6 is 0 Å². The molecule has 0 aliphatic rings. The third-order valence-corrected chi connectivity index (χ3v) is 3.56. The largest absolute Gasteiger partial charge is 0.436 e. The molecule has 0 N–H and O–H groups in total. The van der Waals surface area contributed by atoms with Crippen molar-refractivity contribution in [1.29, 1.82) is 0 Å². The maximum absolute atomic E-state index is 11.8. The Labute approximate surface area is 134 Å². The van der Waals surface area contributed by atoms with E-state index in [4.69, 9.17) is 9.15 Å². The average molecular weight is 307 g/mol. The van der Waals surface area contributed by atoms with Crippen LogP contribution in [0.25, 0.3) is 22.6 Å². The zero-order valence-corrected chi connectivity index (χ0v) is 13.1. The van der Waals surface area contributed by atoms with E-state index >= 15 is 0 Å². The smallest absolute Gasteiger partial charge is 0.338 e. The summed E-state index contributed by atoms with van der Waals surface area (Å²) in [6.45, 7) is 7.23. The molecule has 4 heteroatoms. The van der Waals surface area contributed by atoms with Crippen LogP contribution in [0.2, 0.25) is 0 Å². The number of nitrogens with zero attached hydrogens (tertiary/aromatic N) is 1. The fraction of sp³-hybridized carbons (Fsp3) is 0.158. The Kier molecular flexibility index (Phi) is 3.98. The van der Waals surface area contributed by atoms with E-state index < -0.39 is 5.97 Å². The Bertz CT molecular complexity index is 860. The molecule has 0 aliphatic carbocycles. The number of oxazole rings is 1. The van der Waals surface area contributed by atoms with Gasteiger partial charge in [-0.05, 0) is 37.6 Å². The van der Waals surface area contributed by atoms with Gasteiger partial charge in [-0.2, -0.15) is 0 Å². The second-order valence-electron chi connectivity index (χ2n) is 5.29. The number of esters is 1. The normalized spacial score (nSPS) is 10.7. The maximum Gasteiger partial charge on any atom is 0.338 e. The van der Waals surface area contributed by atoms with Crippen LogP contribution in [0, 0.1) is 0 Å². The van der Waals surface area contributed by atoms with Crippen LogP contribution in [-0.4, -0.2) is 11.0 Å². The van der Waals surface area contributed by atoms with Crippen molar-refractivity contribution in [2.75, 3.05) is 0 Å². The average Bonchev–Trinajstić information content (AvgIpc) is 2.98. The second kappa shape index (κ2) is 6.08. The minimum atomic E-state index is -0.436. The minimum absolute atomic E-state index is 0.360. The molecule has 0 saturated carbocycles. The van der Waals surface area contributed by atoms with Crippen molar-refractivity contribution in [1.82, 2.24) is 4.98 Å². The molecule has 1 heterocycles. The van der Waals surface area contributed by atoms with Gasteiger partial charge in [0.1, 0.15) is 11.3 Å². The molecule has 0 fully saturated rings. The standard InChI is InChI=1S/C19H17NO3/c1-4-13-14(8-7-11-16(13)23-19(21)12(2)3)18-20-15-9-5-6-10-17(15)22-18/h5-11H,2,4H2,1,3H3. The monoisotopic (exact) mass is 307 g/mol. The Morgan fingerprint density at radius 1 is 1.22 bits per heavy atom. The summed E-state index contributed by atoms with van der Waals surface area (Å²) in [5.74, 6) is 0.603. The third-order valence-electron chi connectivity index (χ3n) is 3.56. The van der Waals surface area contributed by atoms with E-state index in [0.29, 0.717) is 23.6 Å². The summed E-state index contributed by atoms with van der Waals surface area (Å²) in [6, 6.07) is 13.1. The summed E-state index contributed by atoms with van der Waals surface area (Å²) in [7, 11) is 0. The molecule has 0 saturated heterocycles. The van der Waals surface area contributed by atoms with Gasteiger partial charge in [-0.15, -0.1) is 0 Å². The Morgan fingerprint density at radius 3 is 2.70 bits per heavy atom. The van der Waals surface area contributed by atoms with Crippen molar-refractivity contribution in [3.05, 3.63) is 60.2 Å². The lowest BCUT2D eigenvalue weighted by atomic mass is 10.0. The van der Waals surface area contributed by atoms with Crippen LogP contribution in [0.1, 0.15) is 19.4 Å². The highest BCUT2D eigenvalue weighted by molar-refractivity contribution is 5.89. The van der Waals surface area contributed by atoms with Crippen LogP contribution in [0.5, 0.6) is 5.75 Å². The van der Waals surface area contributed by atoms with Crippen molar-refractivity contribution < 1.29 is 13.9 Å². The molecule has 0 bridgehead atoms. The van der Waals surface area contributed by atoms with Crippen molar-refractivity contribution in [3.8, 4) is 17.2 Å². The van der Waals surface area contributed by atoms with Crippen LogP contribution < -0.4 is 4.74 Å². The number of aromatic nitrogens is 1.